The number of carboxylic acids is 1. The number of nitrogens with zero attached hydrogens (tertiary/aromatic N) is 4. The number of aliphatic hydroxyl groups excluding tert-OH is 2. The molecule has 2 aliphatic heterocycles. The number of rotatable bonds is 29. The number of hydrogen-bond donors (Lipinski definition) is 11. The van der Waals surface area contributed by atoms with E-state index in [1.54, 1.807) is 34.9 Å². The van der Waals surface area contributed by atoms with Crippen molar-refractivity contribution in [3.63, 3.8) is 0 Å². The minimum absolute atomic E-state index is 0. The summed E-state index contributed by atoms with van der Waals surface area (Å²) in [5.41, 5.74) is 3.17. The van der Waals surface area contributed by atoms with Gasteiger partial charge in [0.2, 0.25) is 39.4 Å². The number of carbonyl (C=O) groups excluding carboxylic acids is 7. The molecule has 4 saturated carbocycles. The van der Waals surface area contributed by atoms with Gasteiger partial charge in [-0.3, -0.25) is 43.2 Å². The lowest BCUT2D eigenvalue weighted by Crippen LogP contribution is -2.62. The predicted molar refractivity (Wildman–Crippen MR) is 433 cm³/mol. The number of hydrogen-bond acceptors (Lipinski definition) is 17. The van der Waals surface area contributed by atoms with Crippen molar-refractivity contribution in [2.75, 3.05) is 63.2 Å². The summed E-state index contributed by atoms with van der Waals surface area (Å²) in [5, 5.41) is 50.5. The fourth-order valence-corrected chi connectivity index (χ4v) is 17.3. The molecule has 2 saturated heterocycles. The second kappa shape index (κ2) is 37.6. The Morgan fingerprint density at radius 2 is 0.900 bits per heavy atom. The molecule has 2 heterocycles. The van der Waals surface area contributed by atoms with Crippen molar-refractivity contribution in [2.45, 2.75) is 286 Å². The van der Waals surface area contributed by atoms with E-state index in [0.29, 0.717) is 67.9 Å². The number of fused-ring (bicyclic) bond motifs is 2. The highest BCUT2D eigenvalue weighted by Gasteiger charge is 2.71. The number of likely N-dealkylation sites (tertiary alicyclic amines) is 2. The molecule has 4 aliphatic carbocycles. The van der Waals surface area contributed by atoms with E-state index in [-0.39, 0.29) is 83.6 Å². The number of nitrogens with one attached hydrogen (secondary N) is 7. The van der Waals surface area contributed by atoms with Crippen molar-refractivity contribution in [3.8, 4) is 0 Å². The molecule has 620 valence electrons. The number of urea groups is 2. The number of aliphatic hydroxyl groups is 2. The first kappa shape index (κ1) is 93.4. The van der Waals surface area contributed by atoms with Crippen LogP contribution in [0.25, 0.3) is 0 Å². The van der Waals surface area contributed by atoms with Crippen LogP contribution in [0.3, 0.4) is 0 Å². The normalized spacial score (nSPS) is 22.9. The zero-order valence-electron chi connectivity index (χ0n) is 69.5. The third-order valence-electron chi connectivity index (χ3n) is 24.2. The second-order valence-electron chi connectivity index (χ2n) is 37.3. The molecule has 6 aliphatic rings. The van der Waals surface area contributed by atoms with Gasteiger partial charge in [-0.2, -0.15) is 0 Å². The van der Waals surface area contributed by atoms with Gasteiger partial charge < -0.3 is 77.9 Å². The van der Waals surface area contributed by atoms with Crippen LogP contribution in [0.2, 0.25) is 0 Å². The number of likely N-dealkylation sites (N-methyl/N-ethyl adjacent to an activating group) is 2. The van der Waals surface area contributed by atoms with Crippen molar-refractivity contribution in [1.82, 2.24) is 47.0 Å². The molecule has 2 aromatic carbocycles. The van der Waals surface area contributed by atoms with Crippen molar-refractivity contribution < 1.29 is 53.7 Å². The van der Waals surface area contributed by atoms with E-state index in [1.807, 2.05) is 96.9 Å². The van der Waals surface area contributed by atoms with Crippen LogP contribution in [0.4, 0.5) is 21.0 Å². The SMILES string of the molecule is C=CCNC(=O)C(O)C(CCC)NC(=O)[C@@H]1[C@@H]2[C@H](CN1C(=O)[C@@H](NC(=O)N[C@H](CN(C)c1c(C(C)(C)C)c(=O)c1=O)C(C)(C)C)C1CCCCC1)C2(C)C.C=CCNC(=O)C(O)C(N)CCC.CN(C[C@@H](NC(=O)N[C@H](C(=O)N1CC2C([C@H]1C(=O)O)C2(C)C)C1CCCCC1)C(C)(C)C)c1c(C(C)(C)C)c(=O)c1=O.Cl. The summed E-state index contributed by atoms with van der Waals surface area (Å²) in [6.07, 6.45) is 12.0. The van der Waals surface area contributed by atoms with Gasteiger partial charge in [0.1, 0.15) is 30.3 Å². The monoisotopic (exact) mass is 1560 g/mol. The highest BCUT2D eigenvalue weighted by Crippen LogP contribution is 2.66. The average Bonchev–Trinajstić information content (AvgIpc) is 1.52. The Labute approximate surface area is 658 Å². The fraction of sp³-hybridized carbons (Fsp3) is 0.756. The average molecular weight is 1560 g/mol. The zero-order valence-corrected chi connectivity index (χ0v) is 70.3. The molecule has 0 aromatic heterocycles. The van der Waals surface area contributed by atoms with Crippen molar-refractivity contribution in [1.29, 1.82) is 0 Å². The van der Waals surface area contributed by atoms with Crippen LogP contribution < -0.4 is 74.5 Å². The Hall–Kier alpha value is -7.23. The van der Waals surface area contributed by atoms with Crippen molar-refractivity contribution in [2.24, 2.45) is 62.9 Å². The second-order valence-corrected chi connectivity index (χ2v) is 37.3. The summed E-state index contributed by atoms with van der Waals surface area (Å²) < 4.78 is 0. The van der Waals surface area contributed by atoms with Crippen LogP contribution in [0.5, 0.6) is 0 Å². The van der Waals surface area contributed by atoms with Gasteiger partial charge >= 0.3 is 18.0 Å². The first-order valence-corrected chi connectivity index (χ1v) is 39.8. The van der Waals surface area contributed by atoms with Crippen LogP contribution in [0.1, 0.15) is 226 Å². The van der Waals surface area contributed by atoms with Gasteiger partial charge in [-0.05, 0) is 101 Å². The summed E-state index contributed by atoms with van der Waals surface area (Å²) in [5.74, 6) is -3.18. The van der Waals surface area contributed by atoms with Gasteiger partial charge in [0.25, 0.3) is 11.8 Å². The van der Waals surface area contributed by atoms with E-state index in [4.69, 9.17) is 5.73 Å². The summed E-state index contributed by atoms with van der Waals surface area (Å²) >= 11 is 0. The van der Waals surface area contributed by atoms with Crippen molar-refractivity contribution >= 4 is 71.3 Å². The number of amides is 9. The lowest BCUT2D eigenvalue weighted by Gasteiger charge is -2.39. The van der Waals surface area contributed by atoms with E-state index in [1.165, 1.54) is 11.0 Å². The maximum Gasteiger partial charge on any atom is 0.326 e. The van der Waals surface area contributed by atoms with E-state index < -0.39 is 140 Å². The van der Waals surface area contributed by atoms with Crippen LogP contribution in [0, 0.1) is 57.2 Å². The minimum atomic E-state index is -1.48. The first-order chi connectivity index (χ1) is 50.5. The van der Waals surface area contributed by atoms with Gasteiger partial charge in [0, 0.05) is 76.5 Å². The van der Waals surface area contributed by atoms with Gasteiger partial charge in [-0.25, -0.2) is 14.4 Å². The molecular formula is C82H135ClN12O15. The molecule has 8 rings (SSSR count). The fourth-order valence-electron chi connectivity index (χ4n) is 17.3. The lowest BCUT2D eigenvalue weighted by molar-refractivity contribution is -0.151. The Bertz CT molecular complexity index is 3730. The molecule has 0 spiro atoms. The Morgan fingerprint density at radius 1 is 0.545 bits per heavy atom. The third-order valence-corrected chi connectivity index (χ3v) is 24.2. The number of nitrogens with two attached hydrogens (primary N) is 1. The van der Waals surface area contributed by atoms with Gasteiger partial charge in [-0.1, -0.05) is 188 Å². The van der Waals surface area contributed by atoms with Crippen molar-refractivity contribution in [3.05, 3.63) is 77.3 Å². The van der Waals surface area contributed by atoms with Crippen LogP contribution in [-0.2, 0) is 39.6 Å². The van der Waals surface area contributed by atoms with Gasteiger partial charge in [-0.15, -0.1) is 25.6 Å². The van der Waals surface area contributed by atoms with E-state index in [2.05, 4.69) is 78.1 Å². The molecule has 110 heavy (non-hydrogen) atoms. The Balaban J connectivity index is 0.000000343. The number of aliphatic carboxylic acids is 1. The molecular weight excluding hydrogens is 1430 g/mol. The van der Waals surface area contributed by atoms with Crippen LogP contribution >= 0.6 is 12.4 Å². The largest absolute Gasteiger partial charge is 0.480 e. The molecule has 0 radical (unpaired) electrons. The van der Waals surface area contributed by atoms with E-state index >= 15 is 0 Å². The van der Waals surface area contributed by atoms with Gasteiger partial charge in [0.15, 0.2) is 6.10 Å². The molecule has 6 fully saturated rings. The topological polar surface area (TPSA) is 389 Å². The molecule has 6 unspecified atom stereocenters. The molecule has 0 bridgehead atoms. The third kappa shape index (κ3) is 21.7. The molecule has 27 nitrogen and oxygen atoms in total. The predicted octanol–water partition coefficient (Wildman–Crippen LogP) is 6.56. The maximum absolute atomic E-state index is 14.7. The Kier molecular flexibility index (Phi) is 31.9. The smallest absolute Gasteiger partial charge is 0.326 e. The number of anilines is 2. The summed E-state index contributed by atoms with van der Waals surface area (Å²) in [6, 6.07) is -6.61. The highest BCUT2D eigenvalue weighted by molar-refractivity contribution is 5.95. The molecule has 12 N–H and O–H groups in total. The summed E-state index contributed by atoms with van der Waals surface area (Å²) in [7, 11) is 3.51. The molecule has 28 heteroatoms. The van der Waals surface area contributed by atoms with E-state index in [9.17, 15) is 72.9 Å². The van der Waals surface area contributed by atoms with E-state index in [0.717, 1.165) is 70.6 Å². The number of piperidine rings is 2. The minimum Gasteiger partial charge on any atom is -0.480 e. The number of carbonyl (C=O) groups is 8. The quantitative estimate of drug-likeness (QED) is 0.0303. The molecule has 14 atom stereocenters. The first-order valence-electron chi connectivity index (χ1n) is 39.8. The van der Waals surface area contributed by atoms with Gasteiger partial charge in [0.05, 0.1) is 29.5 Å². The number of carboxylic acid groups (broad SMARTS) is 1. The molecule has 2 aromatic rings. The standard InChI is InChI=1S/C41H66N6O7.C32H50N4O6.C9H18N2O2.ClH/c1-12-17-25(32(48)36(52)42-20-13-2)43-35(51)31-27-24(41(27,9)10)21-47(31)37(53)29(23-18-15-14-16-19-23)45-38(54)44-26(39(3,4)5)22-46(11)30-28(40(6,7)8)33(49)34(30)50;1-30(2,3)19(16-35(9)23-21(31(4,5)6)25(37)26(23)38)33-29(42)34-22(17-13-11-10-12-14-17)27(39)36-15-18-20(32(18,7)8)24(36)28(40)41;1-3-5-7(10)8(12)9(13)11-6-4-2;/h13,23-27,29,31-32,48H,2,12,14-22H2,1,3-11H3,(H,42,52)(H,43,51)(H2,44,45,54);17-20,22,24H,10-16H2,1-9H3,(H,40,41)(H2,33,34,42);4,7-8,12H,2-3,5-6,10H2,1H3,(H,11,13);1H/t24-,25?,26+,27-,29-,31-,32?;18?,19-,20?,22+,24+;;/m01../s1. The van der Waals surface area contributed by atoms with Crippen LogP contribution in [0.15, 0.2) is 44.5 Å². The van der Waals surface area contributed by atoms with Crippen LogP contribution in [-0.4, -0.2) is 187 Å². The summed E-state index contributed by atoms with van der Waals surface area (Å²) in [6.45, 7) is 44.3. The zero-order chi connectivity index (χ0) is 82.3. The lowest BCUT2D eigenvalue weighted by atomic mass is 9.81. The highest BCUT2D eigenvalue weighted by atomic mass is 35.5. The Morgan fingerprint density at radius 3 is 1.24 bits per heavy atom. The maximum atomic E-state index is 14.7. The molecule has 9 amide bonds. The number of halogens is 1. The summed E-state index contributed by atoms with van der Waals surface area (Å²) in [4.78, 5) is 163.